The molecule has 3 rings (SSSR count). The molecule has 1 N–H and O–H groups in total. The topological polar surface area (TPSA) is 12.0 Å². The van der Waals surface area contributed by atoms with E-state index in [0.29, 0.717) is 5.92 Å². The summed E-state index contributed by atoms with van der Waals surface area (Å²) in [6.45, 7) is 4.50. The van der Waals surface area contributed by atoms with Gasteiger partial charge in [-0.1, -0.05) is 38.8 Å². The van der Waals surface area contributed by atoms with Gasteiger partial charge in [0.25, 0.3) is 0 Å². The Morgan fingerprint density at radius 2 is 1.88 bits per heavy atom. The number of fused-ring (bicyclic) bond motifs is 1. The Morgan fingerprint density at radius 1 is 1.12 bits per heavy atom. The lowest BCUT2D eigenvalue weighted by molar-refractivity contribution is 0.440. The van der Waals surface area contributed by atoms with Crippen molar-refractivity contribution in [3.05, 3.63) is 29.8 Å². The quantitative estimate of drug-likeness (QED) is 0.809. The van der Waals surface area contributed by atoms with Crippen molar-refractivity contribution in [1.82, 2.24) is 0 Å². The van der Waals surface area contributed by atoms with E-state index >= 15 is 0 Å². The van der Waals surface area contributed by atoms with Crippen LogP contribution in [0.15, 0.2) is 24.3 Å². The summed E-state index contributed by atoms with van der Waals surface area (Å²) in [5, 5.41) is 3.74. The monoisotopic (exact) mass is 229 g/mol. The van der Waals surface area contributed by atoms with Gasteiger partial charge in [-0.3, -0.25) is 0 Å². The Hall–Kier alpha value is -0.980. The third-order valence-corrected chi connectivity index (χ3v) is 4.51. The molecule has 17 heavy (non-hydrogen) atoms. The van der Waals surface area contributed by atoms with Crippen LogP contribution < -0.4 is 5.32 Å². The highest BCUT2D eigenvalue weighted by Gasteiger charge is 2.44. The molecule has 3 unspecified atom stereocenters. The van der Waals surface area contributed by atoms with Gasteiger partial charge in [0.15, 0.2) is 0 Å². The number of hydrogen-bond acceptors (Lipinski definition) is 1. The van der Waals surface area contributed by atoms with E-state index in [1.807, 2.05) is 0 Å². The number of hydrogen-bond donors (Lipinski definition) is 1. The van der Waals surface area contributed by atoms with Crippen LogP contribution in [-0.4, -0.2) is 6.04 Å². The number of benzene rings is 1. The van der Waals surface area contributed by atoms with Gasteiger partial charge in [0, 0.05) is 11.7 Å². The van der Waals surface area contributed by atoms with E-state index in [-0.39, 0.29) is 0 Å². The second kappa shape index (κ2) is 4.36. The number of anilines is 1. The molecule has 2 aliphatic rings. The highest BCUT2D eigenvalue weighted by molar-refractivity contribution is 5.46. The lowest BCUT2D eigenvalue weighted by Crippen LogP contribution is -2.25. The third-order valence-electron chi connectivity index (χ3n) is 4.51. The van der Waals surface area contributed by atoms with Crippen molar-refractivity contribution in [3.63, 3.8) is 0 Å². The Bertz CT molecular complexity index is 379. The molecule has 0 aromatic heterocycles. The van der Waals surface area contributed by atoms with E-state index in [2.05, 4.69) is 43.4 Å². The van der Waals surface area contributed by atoms with Gasteiger partial charge in [-0.15, -0.1) is 0 Å². The Labute approximate surface area is 105 Å². The van der Waals surface area contributed by atoms with Crippen LogP contribution in [0.3, 0.4) is 0 Å². The molecule has 2 aliphatic carbocycles. The van der Waals surface area contributed by atoms with Crippen molar-refractivity contribution in [3.8, 4) is 0 Å². The van der Waals surface area contributed by atoms with E-state index < -0.39 is 0 Å². The fourth-order valence-electron chi connectivity index (χ4n) is 3.27. The number of rotatable bonds is 3. The van der Waals surface area contributed by atoms with Crippen molar-refractivity contribution >= 4 is 5.69 Å². The molecule has 2 fully saturated rings. The molecule has 0 bridgehead atoms. The first-order chi connectivity index (χ1) is 8.24. The molecule has 1 aromatic carbocycles. The summed E-state index contributed by atoms with van der Waals surface area (Å²) < 4.78 is 0. The molecule has 1 nitrogen and oxygen atoms in total. The van der Waals surface area contributed by atoms with Crippen LogP contribution >= 0.6 is 0 Å². The molecule has 0 heterocycles. The van der Waals surface area contributed by atoms with Crippen LogP contribution in [-0.2, 0) is 0 Å². The molecular formula is C16H23N. The first kappa shape index (κ1) is 11.1. The lowest BCUT2D eigenvalue weighted by Gasteiger charge is -2.24. The van der Waals surface area contributed by atoms with E-state index in [9.17, 15) is 0 Å². The van der Waals surface area contributed by atoms with Crippen molar-refractivity contribution in [2.75, 3.05) is 5.32 Å². The van der Waals surface area contributed by atoms with Gasteiger partial charge in [-0.2, -0.15) is 0 Å². The summed E-state index contributed by atoms with van der Waals surface area (Å²) >= 11 is 0. The van der Waals surface area contributed by atoms with E-state index in [1.54, 1.807) is 0 Å². The van der Waals surface area contributed by atoms with Crippen molar-refractivity contribution in [2.45, 2.75) is 51.5 Å². The zero-order chi connectivity index (χ0) is 11.8. The Balaban J connectivity index is 1.64. The van der Waals surface area contributed by atoms with E-state index in [0.717, 1.165) is 17.9 Å². The summed E-state index contributed by atoms with van der Waals surface area (Å²) in [6, 6.07) is 9.78. The molecule has 3 atom stereocenters. The highest BCUT2D eigenvalue weighted by Crippen LogP contribution is 2.50. The molecule has 0 amide bonds. The van der Waals surface area contributed by atoms with Crippen molar-refractivity contribution < 1.29 is 0 Å². The maximum atomic E-state index is 3.74. The Kier molecular flexibility index (Phi) is 2.85. The van der Waals surface area contributed by atoms with Crippen molar-refractivity contribution in [1.29, 1.82) is 0 Å². The molecule has 2 saturated carbocycles. The second-order valence-corrected chi connectivity index (χ2v) is 6.12. The van der Waals surface area contributed by atoms with Crippen LogP contribution in [0.1, 0.15) is 51.0 Å². The predicted molar refractivity (Wildman–Crippen MR) is 73.4 cm³/mol. The molecule has 1 aromatic rings. The average molecular weight is 229 g/mol. The van der Waals surface area contributed by atoms with Gasteiger partial charge in [-0.05, 0) is 48.3 Å². The molecule has 0 radical (unpaired) electrons. The van der Waals surface area contributed by atoms with Gasteiger partial charge < -0.3 is 5.32 Å². The summed E-state index contributed by atoms with van der Waals surface area (Å²) in [4.78, 5) is 0. The van der Waals surface area contributed by atoms with Crippen LogP contribution in [0.25, 0.3) is 0 Å². The lowest BCUT2D eigenvalue weighted by atomic mass is 9.95. The average Bonchev–Trinajstić information content (AvgIpc) is 3.10. The fourth-order valence-corrected chi connectivity index (χ4v) is 3.27. The predicted octanol–water partition coefficient (Wildman–Crippen LogP) is 4.41. The van der Waals surface area contributed by atoms with E-state index in [1.165, 1.54) is 36.9 Å². The minimum absolute atomic E-state index is 0.631. The molecular weight excluding hydrogens is 206 g/mol. The fraction of sp³-hybridized carbons (Fsp3) is 0.625. The molecule has 0 spiro atoms. The summed E-state index contributed by atoms with van der Waals surface area (Å²) in [6.07, 6.45) is 5.74. The SMILES string of the molecule is CC(C)c1ccc(NC2CCCC3CC32)cc1. The second-order valence-electron chi connectivity index (χ2n) is 6.12. The minimum atomic E-state index is 0.631. The van der Waals surface area contributed by atoms with Gasteiger partial charge in [0.05, 0.1) is 0 Å². The zero-order valence-corrected chi connectivity index (χ0v) is 10.9. The first-order valence-corrected chi connectivity index (χ1v) is 7.10. The molecule has 0 aliphatic heterocycles. The summed E-state index contributed by atoms with van der Waals surface area (Å²) in [7, 11) is 0. The largest absolute Gasteiger partial charge is 0.382 e. The molecule has 0 saturated heterocycles. The maximum absolute atomic E-state index is 3.74. The molecule has 1 heteroatoms. The minimum Gasteiger partial charge on any atom is -0.382 e. The summed E-state index contributed by atoms with van der Waals surface area (Å²) in [5.41, 5.74) is 2.75. The van der Waals surface area contributed by atoms with Gasteiger partial charge in [0.1, 0.15) is 0 Å². The van der Waals surface area contributed by atoms with Crippen molar-refractivity contribution in [2.24, 2.45) is 11.8 Å². The van der Waals surface area contributed by atoms with E-state index in [4.69, 9.17) is 0 Å². The summed E-state index contributed by atoms with van der Waals surface area (Å²) in [5.74, 6) is 2.66. The Morgan fingerprint density at radius 3 is 2.59 bits per heavy atom. The van der Waals surface area contributed by atoms with Crippen LogP contribution in [0, 0.1) is 11.8 Å². The number of nitrogens with one attached hydrogen (secondary N) is 1. The maximum Gasteiger partial charge on any atom is 0.0342 e. The van der Waals surface area contributed by atoms with Gasteiger partial charge >= 0.3 is 0 Å². The smallest absolute Gasteiger partial charge is 0.0342 e. The van der Waals surface area contributed by atoms with Gasteiger partial charge in [-0.25, -0.2) is 0 Å². The standard InChI is InChI=1S/C16H23N/c1-11(2)12-6-8-14(9-7-12)17-16-5-3-4-13-10-15(13)16/h6-9,11,13,15-17H,3-5,10H2,1-2H3. The normalized spacial score (nSPS) is 31.1. The van der Waals surface area contributed by atoms with Crippen LogP contribution in [0.4, 0.5) is 5.69 Å². The first-order valence-electron chi connectivity index (χ1n) is 7.10. The van der Waals surface area contributed by atoms with Gasteiger partial charge in [0.2, 0.25) is 0 Å². The molecule has 92 valence electrons. The van der Waals surface area contributed by atoms with Crippen LogP contribution in [0.2, 0.25) is 0 Å². The third kappa shape index (κ3) is 2.34. The highest BCUT2D eigenvalue weighted by atomic mass is 14.9. The zero-order valence-electron chi connectivity index (χ0n) is 10.9. The van der Waals surface area contributed by atoms with Crippen LogP contribution in [0.5, 0.6) is 0 Å².